The Hall–Kier alpha value is -0.610. The van der Waals surface area contributed by atoms with Crippen LogP contribution in [0.1, 0.15) is 0 Å². The van der Waals surface area contributed by atoms with Gasteiger partial charge in [0, 0.05) is 9.13 Å². The van der Waals surface area contributed by atoms with E-state index in [0.717, 1.165) is 14.8 Å². The second-order valence-electron chi connectivity index (χ2n) is 2.83. The summed E-state index contributed by atoms with van der Waals surface area (Å²) < 4.78 is 1.11. The Morgan fingerprint density at radius 1 is 1.00 bits per heavy atom. The number of hydrogen-bond donors (Lipinski definition) is 0. The highest BCUT2D eigenvalue weighted by Gasteiger charge is 2.04. The van der Waals surface area contributed by atoms with Gasteiger partial charge in [-0.1, -0.05) is 41.9 Å². The first-order valence-electron chi connectivity index (χ1n) is 4.15. The van der Waals surface area contributed by atoms with Crippen molar-refractivity contribution >= 4 is 34.2 Å². The fraction of sp³-hybridized carbons (Fsp3) is 0. The lowest BCUT2D eigenvalue weighted by Gasteiger charge is -2.03. The Morgan fingerprint density at radius 2 is 1.71 bits per heavy atom. The molecule has 0 unspecified atom stereocenters. The number of aromatic nitrogens is 1. The van der Waals surface area contributed by atoms with E-state index in [9.17, 15) is 0 Å². The maximum Gasteiger partial charge on any atom is 0.129 e. The van der Waals surface area contributed by atoms with Crippen molar-refractivity contribution in [3.63, 3.8) is 0 Å². The molecule has 0 atom stereocenters. The lowest BCUT2D eigenvalue weighted by Crippen LogP contribution is -1.87. The van der Waals surface area contributed by atoms with Crippen molar-refractivity contribution in [1.82, 2.24) is 4.98 Å². The molecule has 0 bridgehead atoms. The van der Waals surface area contributed by atoms with Crippen LogP contribution < -0.4 is 0 Å². The summed E-state index contributed by atoms with van der Waals surface area (Å²) >= 11 is 8.11. The van der Waals surface area contributed by atoms with Crippen LogP contribution in [0.4, 0.5) is 0 Å². The van der Waals surface area contributed by atoms with Gasteiger partial charge in [0.05, 0.1) is 5.69 Å². The average Bonchev–Trinajstić information content (AvgIpc) is 2.23. The summed E-state index contributed by atoms with van der Waals surface area (Å²) in [4.78, 5) is 4.30. The average molecular weight is 316 g/mol. The molecule has 0 aliphatic carbocycles. The first-order chi connectivity index (χ1) is 6.77. The minimum absolute atomic E-state index is 0.532. The molecule has 70 valence electrons. The molecule has 0 fully saturated rings. The molecule has 1 nitrogen and oxygen atoms in total. The van der Waals surface area contributed by atoms with Crippen LogP contribution in [-0.2, 0) is 0 Å². The highest BCUT2D eigenvalue weighted by Crippen LogP contribution is 2.24. The third-order valence-electron chi connectivity index (χ3n) is 1.86. The molecule has 14 heavy (non-hydrogen) atoms. The van der Waals surface area contributed by atoms with E-state index < -0.39 is 0 Å². The lowest BCUT2D eigenvalue weighted by molar-refractivity contribution is 1.31. The number of benzene rings is 1. The zero-order valence-electron chi connectivity index (χ0n) is 7.24. The zero-order chi connectivity index (χ0) is 9.97. The smallest absolute Gasteiger partial charge is 0.129 e. The van der Waals surface area contributed by atoms with Crippen LogP contribution in [-0.4, -0.2) is 4.98 Å². The van der Waals surface area contributed by atoms with Crippen LogP contribution in [0, 0.1) is 3.57 Å². The number of halogens is 2. The van der Waals surface area contributed by atoms with Gasteiger partial charge in [0.25, 0.3) is 0 Å². The van der Waals surface area contributed by atoms with Gasteiger partial charge in [0.15, 0.2) is 0 Å². The topological polar surface area (TPSA) is 12.9 Å². The molecule has 0 saturated heterocycles. The number of pyridine rings is 1. The molecule has 0 saturated carbocycles. The second-order valence-corrected chi connectivity index (χ2v) is 4.38. The monoisotopic (exact) mass is 315 g/mol. The molecule has 1 aromatic heterocycles. The number of hydrogen-bond acceptors (Lipinski definition) is 1. The molecule has 0 N–H and O–H groups in total. The maximum absolute atomic E-state index is 5.85. The Balaban J connectivity index is 2.57. The van der Waals surface area contributed by atoms with Crippen LogP contribution in [0.5, 0.6) is 0 Å². The van der Waals surface area contributed by atoms with Crippen molar-refractivity contribution in [3.8, 4) is 11.3 Å². The Labute approximate surface area is 101 Å². The predicted molar refractivity (Wildman–Crippen MR) is 67.4 cm³/mol. The first kappa shape index (κ1) is 9.93. The van der Waals surface area contributed by atoms with E-state index in [1.807, 2.05) is 36.4 Å². The summed E-state index contributed by atoms with van der Waals surface area (Å²) in [5, 5.41) is 0.532. The first-order valence-corrected chi connectivity index (χ1v) is 5.60. The Bertz CT molecular complexity index is 442. The third-order valence-corrected chi connectivity index (χ3v) is 2.94. The highest BCUT2D eigenvalue weighted by atomic mass is 127. The molecule has 0 spiro atoms. The summed E-state index contributed by atoms with van der Waals surface area (Å²) in [6.45, 7) is 0. The van der Waals surface area contributed by atoms with E-state index in [2.05, 4.69) is 27.6 Å². The van der Waals surface area contributed by atoms with Gasteiger partial charge < -0.3 is 0 Å². The van der Waals surface area contributed by atoms with Gasteiger partial charge in [-0.2, -0.15) is 0 Å². The largest absolute Gasteiger partial charge is 0.235 e. The van der Waals surface area contributed by atoms with Gasteiger partial charge in [-0.25, -0.2) is 4.98 Å². The maximum atomic E-state index is 5.85. The molecule has 2 rings (SSSR count). The normalized spacial score (nSPS) is 10.1. The van der Waals surface area contributed by atoms with Gasteiger partial charge in [-0.3, -0.25) is 0 Å². The minimum atomic E-state index is 0.532. The third kappa shape index (κ3) is 2.07. The summed E-state index contributed by atoms with van der Waals surface area (Å²) in [6.07, 6.45) is 0. The van der Waals surface area contributed by atoms with Crippen LogP contribution >= 0.6 is 34.2 Å². The Morgan fingerprint density at radius 3 is 2.43 bits per heavy atom. The predicted octanol–water partition coefficient (Wildman–Crippen LogP) is 4.01. The van der Waals surface area contributed by atoms with Gasteiger partial charge >= 0.3 is 0 Å². The Kier molecular flexibility index (Phi) is 3.03. The minimum Gasteiger partial charge on any atom is -0.235 e. The summed E-state index contributed by atoms with van der Waals surface area (Å²) in [6, 6.07) is 13.8. The molecular formula is C11H7ClIN. The van der Waals surface area contributed by atoms with Crippen molar-refractivity contribution in [2.45, 2.75) is 0 Å². The van der Waals surface area contributed by atoms with Crippen LogP contribution in [0.2, 0.25) is 5.15 Å². The van der Waals surface area contributed by atoms with Crippen molar-refractivity contribution in [1.29, 1.82) is 0 Å². The second kappa shape index (κ2) is 4.28. The standard InChI is InChI=1S/C11H7ClIN/c12-10-7-6-9(13)11(14-10)8-4-2-1-3-5-8/h1-7H. The van der Waals surface area contributed by atoms with Crippen LogP contribution in [0.25, 0.3) is 11.3 Å². The zero-order valence-corrected chi connectivity index (χ0v) is 10.2. The van der Waals surface area contributed by atoms with Gasteiger partial charge in [-0.15, -0.1) is 0 Å². The number of nitrogens with zero attached hydrogens (tertiary/aromatic N) is 1. The van der Waals surface area contributed by atoms with Gasteiger partial charge in [0.2, 0.25) is 0 Å². The van der Waals surface area contributed by atoms with E-state index in [1.54, 1.807) is 6.07 Å². The van der Waals surface area contributed by atoms with Gasteiger partial charge in [-0.05, 0) is 34.7 Å². The highest BCUT2D eigenvalue weighted by molar-refractivity contribution is 14.1. The van der Waals surface area contributed by atoms with E-state index in [0.29, 0.717) is 5.15 Å². The molecule has 3 heteroatoms. The SMILES string of the molecule is Clc1ccc(I)c(-c2ccccc2)n1. The van der Waals surface area contributed by atoms with Crippen molar-refractivity contribution < 1.29 is 0 Å². The van der Waals surface area contributed by atoms with Crippen LogP contribution in [0.3, 0.4) is 0 Å². The quantitative estimate of drug-likeness (QED) is 0.572. The van der Waals surface area contributed by atoms with E-state index in [4.69, 9.17) is 11.6 Å². The van der Waals surface area contributed by atoms with Crippen LogP contribution in [0.15, 0.2) is 42.5 Å². The molecular weight excluding hydrogens is 308 g/mol. The van der Waals surface area contributed by atoms with E-state index in [-0.39, 0.29) is 0 Å². The van der Waals surface area contributed by atoms with Crippen molar-refractivity contribution in [2.24, 2.45) is 0 Å². The fourth-order valence-corrected chi connectivity index (χ4v) is 1.98. The molecule has 0 aliphatic rings. The molecule has 1 heterocycles. The van der Waals surface area contributed by atoms with Gasteiger partial charge in [0.1, 0.15) is 5.15 Å². The lowest BCUT2D eigenvalue weighted by atomic mass is 10.1. The summed E-state index contributed by atoms with van der Waals surface area (Å²) in [5.74, 6) is 0. The van der Waals surface area contributed by atoms with E-state index >= 15 is 0 Å². The molecule has 0 aliphatic heterocycles. The molecule has 2 aromatic rings. The molecule has 0 radical (unpaired) electrons. The van der Waals surface area contributed by atoms with Crippen molar-refractivity contribution in [3.05, 3.63) is 51.2 Å². The summed E-state index contributed by atoms with van der Waals surface area (Å²) in [7, 11) is 0. The molecule has 1 aromatic carbocycles. The fourth-order valence-electron chi connectivity index (χ4n) is 1.22. The number of rotatable bonds is 1. The molecule has 0 amide bonds. The summed E-state index contributed by atoms with van der Waals surface area (Å²) in [5.41, 5.74) is 2.04. The van der Waals surface area contributed by atoms with E-state index in [1.165, 1.54) is 0 Å². The van der Waals surface area contributed by atoms with Crippen molar-refractivity contribution in [2.75, 3.05) is 0 Å².